The molecule has 0 aliphatic carbocycles. The number of aryl methyl sites for hydroxylation is 1. The van der Waals surface area contributed by atoms with Gasteiger partial charge in [-0.3, -0.25) is 14.9 Å². The van der Waals surface area contributed by atoms with Crippen LogP contribution in [0.5, 0.6) is 5.75 Å². The van der Waals surface area contributed by atoms with E-state index in [0.29, 0.717) is 36.9 Å². The van der Waals surface area contributed by atoms with E-state index in [1.807, 2.05) is 42.0 Å². The van der Waals surface area contributed by atoms with E-state index in [1.54, 1.807) is 24.1 Å². The summed E-state index contributed by atoms with van der Waals surface area (Å²) in [5.41, 5.74) is 2.45. The van der Waals surface area contributed by atoms with Gasteiger partial charge in [-0.25, -0.2) is 0 Å². The van der Waals surface area contributed by atoms with Gasteiger partial charge in [-0.15, -0.1) is 0 Å². The van der Waals surface area contributed by atoms with Crippen molar-refractivity contribution in [2.75, 3.05) is 56.7 Å². The number of halogens is 1. The highest BCUT2D eigenvalue weighted by atomic mass is 35.5. The van der Waals surface area contributed by atoms with Gasteiger partial charge in [0.15, 0.2) is 0 Å². The molecular weight excluding hydrogens is 408 g/mol. The number of hydrogen-bond acceptors (Lipinski definition) is 6. The maximum absolute atomic E-state index is 12.8. The largest absolute Gasteiger partial charge is 0.495 e. The molecule has 1 fully saturated rings. The monoisotopic (exact) mass is 432 g/mol. The number of carbonyl (C=O) groups excluding carboxylic acids is 1. The minimum absolute atomic E-state index is 0.00585. The average Bonchev–Trinajstić information content (AvgIpc) is 2.73. The maximum atomic E-state index is 12.8. The number of anilines is 2. The van der Waals surface area contributed by atoms with Crippen LogP contribution in [0.15, 0.2) is 36.4 Å². The van der Waals surface area contributed by atoms with Gasteiger partial charge in [0.2, 0.25) is 5.91 Å². The summed E-state index contributed by atoms with van der Waals surface area (Å²) in [7, 11) is 3.47. The smallest absolute Gasteiger partial charge is 0.294 e. The Morgan fingerprint density at radius 3 is 2.53 bits per heavy atom. The van der Waals surface area contributed by atoms with Gasteiger partial charge < -0.3 is 19.4 Å². The number of hydrogen-bond donors (Lipinski definition) is 0. The van der Waals surface area contributed by atoms with Crippen LogP contribution in [-0.4, -0.2) is 62.6 Å². The zero-order valence-electron chi connectivity index (χ0n) is 17.3. The van der Waals surface area contributed by atoms with Crippen LogP contribution in [0.2, 0.25) is 5.02 Å². The topological polar surface area (TPSA) is 79.2 Å². The Morgan fingerprint density at radius 1 is 1.20 bits per heavy atom. The van der Waals surface area contributed by atoms with E-state index in [1.165, 1.54) is 6.07 Å². The Balaban J connectivity index is 1.64. The molecule has 0 atom stereocenters. The van der Waals surface area contributed by atoms with Crippen molar-refractivity contribution in [1.82, 2.24) is 4.90 Å². The van der Waals surface area contributed by atoms with Crippen molar-refractivity contribution >= 4 is 34.6 Å². The summed E-state index contributed by atoms with van der Waals surface area (Å²) >= 11 is 5.91. The van der Waals surface area contributed by atoms with Crippen LogP contribution in [0.3, 0.4) is 0 Å². The van der Waals surface area contributed by atoms with Crippen molar-refractivity contribution in [3.8, 4) is 5.75 Å². The van der Waals surface area contributed by atoms with Crippen molar-refractivity contribution in [2.24, 2.45) is 0 Å². The second-order valence-corrected chi connectivity index (χ2v) is 7.73. The molecule has 1 aliphatic rings. The third-order valence-corrected chi connectivity index (χ3v) is 5.46. The van der Waals surface area contributed by atoms with Crippen molar-refractivity contribution in [3.05, 3.63) is 57.1 Å². The molecule has 0 N–H and O–H groups in total. The van der Waals surface area contributed by atoms with E-state index in [0.717, 1.165) is 17.0 Å². The Morgan fingerprint density at radius 2 is 1.90 bits per heavy atom. The molecule has 0 spiro atoms. The molecule has 1 aliphatic heterocycles. The van der Waals surface area contributed by atoms with Gasteiger partial charge in [-0.1, -0.05) is 17.7 Å². The Kier molecular flexibility index (Phi) is 6.66. The standard InChI is InChI=1S/C21H25ClN4O4/c1-15-4-7-20(30-3)19(12-15)23(2)14-21(27)25-10-8-24(9-11-25)17-6-5-16(22)13-18(17)26(28)29/h4-7,12-13H,8-11,14H2,1-3H3. The Labute approximate surface area is 180 Å². The van der Waals surface area contributed by atoms with Gasteiger partial charge >= 0.3 is 0 Å². The molecule has 0 unspecified atom stereocenters. The molecule has 160 valence electrons. The molecule has 0 aromatic heterocycles. The maximum Gasteiger partial charge on any atom is 0.294 e. The Bertz CT molecular complexity index is 945. The summed E-state index contributed by atoms with van der Waals surface area (Å²) in [5.74, 6) is 0.724. The molecule has 2 aromatic carbocycles. The van der Waals surface area contributed by atoms with Crippen LogP contribution >= 0.6 is 11.6 Å². The molecule has 1 saturated heterocycles. The molecule has 1 amide bonds. The molecular formula is C21H25ClN4O4. The zero-order valence-corrected chi connectivity index (χ0v) is 18.1. The van der Waals surface area contributed by atoms with E-state index in [2.05, 4.69) is 0 Å². The van der Waals surface area contributed by atoms with Crippen LogP contribution in [0.25, 0.3) is 0 Å². The number of benzene rings is 2. The van der Waals surface area contributed by atoms with Crippen molar-refractivity contribution in [1.29, 1.82) is 0 Å². The summed E-state index contributed by atoms with van der Waals surface area (Å²) in [4.78, 5) is 29.4. The molecule has 3 rings (SSSR count). The summed E-state index contributed by atoms with van der Waals surface area (Å²) < 4.78 is 5.41. The van der Waals surface area contributed by atoms with E-state index in [-0.39, 0.29) is 18.1 Å². The fraction of sp³-hybridized carbons (Fsp3) is 0.381. The van der Waals surface area contributed by atoms with Gasteiger partial charge in [0.1, 0.15) is 11.4 Å². The van der Waals surface area contributed by atoms with Crippen LogP contribution in [-0.2, 0) is 4.79 Å². The highest BCUT2D eigenvalue weighted by molar-refractivity contribution is 6.30. The lowest BCUT2D eigenvalue weighted by Crippen LogP contribution is -2.51. The van der Waals surface area contributed by atoms with Crippen molar-refractivity contribution in [3.63, 3.8) is 0 Å². The number of nitrogens with zero attached hydrogens (tertiary/aromatic N) is 4. The summed E-state index contributed by atoms with van der Waals surface area (Å²) in [5, 5.41) is 11.7. The van der Waals surface area contributed by atoms with Gasteiger partial charge in [0, 0.05) is 44.3 Å². The number of piperazine rings is 1. The Hall–Kier alpha value is -3.00. The lowest BCUT2D eigenvalue weighted by Gasteiger charge is -2.36. The second-order valence-electron chi connectivity index (χ2n) is 7.29. The van der Waals surface area contributed by atoms with Crippen molar-refractivity contribution < 1.29 is 14.5 Å². The second kappa shape index (κ2) is 9.21. The summed E-state index contributed by atoms with van der Waals surface area (Å²) in [6, 6.07) is 10.5. The first kappa shape index (κ1) is 21.7. The lowest BCUT2D eigenvalue weighted by molar-refractivity contribution is -0.384. The molecule has 8 nitrogen and oxygen atoms in total. The average molecular weight is 433 g/mol. The number of ether oxygens (including phenoxy) is 1. The lowest BCUT2D eigenvalue weighted by atomic mass is 10.2. The number of nitro groups is 1. The van der Waals surface area contributed by atoms with Gasteiger partial charge in [-0.05, 0) is 36.8 Å². The van der Waals surface area contributed by atoms with Gasteiger partial charge in [0.25, 0.3) is 5.69 Å². The highest BCUT2D eigenvalue weighted by Crippen LogP contribution is 2.32. The molecule has 9 heteroatoms. The molecule has 2 aromatic rings. The first-order valence-corrected chi connectivity index (χ1v) is 10.0. The number of amides is 1. The number of methoxy groups -OCH3 is 1. The number of carbonyl (C=O) groups is 1. The minimum Gasteiger partial charge on any atom is -0.495 e. The zero-order chi connectivity index (χ0) is 21.8. The van der Waals surface area contributed by atoms with Gasteiger partial charge in [0.05, 0.1) is 24.3 Å². The van der Waals surface area contributed by atoms with E-state index >= 15 is 0 Å². The van der Waals surface area contributed by atoms with Crippen LogP contribution in [0, 0.1) is 17.0 Å². The summed E-state index contributed by atoms with van der Waals surface area (Å²) in [6.07, 6.45) is 0. The molecule has 0 radical (unpaired) electrons. The van der Waals surface area contributed by atoms with E-state index in [9.17, 15) is 14.9 Å². The minimum atomic E-state index is -0.428. The number of likely N-dealkylation sites (N-methyl/N-ethyl adjacent to an activating group) is 1. The third-order valence-electron chi connectivity index (χ3n) is 5.23. The molecule has 0 saturated carbocycles. The molecule has 1 heterocycles. The van der Waals surface area contributed by atoms with Crippen LogP contribution in [0.1, 0.15) is 5.56 Å². The fourth-order valence-electron chi connectivity index (χ4n) is 3.59. The quantitative estimate of drug-likeness (QED) is 0.514. The number of rotatable bonds is 6. The van der Waals surface area contributed by atoms with E-state index < -0.39 is 4.92 Å². The third kappa shape index (κ3) is 4.76. The van der Waals surface area contributed by atoms with Crippen LogP contribution < -0.4 is 14.5 Å². The predicted molar refractivity (Wildman–Crippen MR) is 118 cm³/mol. The predicted octanol–water partition coefficient (Wildman–Crippen LogP) is 3.35. The number of nitro benzene ring substituents is 1. The highest BCUT2D eigenvalue weighted by Gasteiger charge is 2.26. The fourth-order valence-corrected chi connectivity index (χ4v) is 3.76. The van der Waals surface area contributed by atoms with Crippen LogP contribution in [0.4, 0.5) is 17.1 Å². The first-order valence-electron chi connectivity index (χ1n) is 9.62. The van der Waals surface area contributed by atoms with Crippen molar-refractivity contribution in [2.45, 2.75) is 6.92 Å². The normalized spacial score (nSPS) is 13.9. The van der Waals surface area contributed by atoms with E-state index in [4.69, 9.17) is 16.3 Å². The molecule has 0 bridgehead atoms. The SMILES string of the molecule is COc1ccc(C)cc1N(C)CC(=O)N1CCN(c2ccc(Cl)cc2[N+](=O)[O-])CC1. The van der Waals surface area contributed by atoms with Gasteiger partial charge in [-0.2, -0.15) is 0 Å². The summed E-state index contributed by atoms with van der Waals surface area (Å²) in [6.45, 7) is 4.25. The molecule has 30 heavy (non-hydrogen) atoms. The first-order chi connectivity index (χ1) is 14.3.